The first-order valence-electron chi connectivity index (χ1n) is 8.34. The number of thiophene rings is 1. The van der Waals surface area contributed by atoms with E-state index in [2.05, 4.69) is 11.0 Å². The highest BCUT2D eigenvalue weighted by Crippen LogP contribution is 2.19. The van der Waals surface area contributed by atoms with Crippen molar-refractivity contribution in [3.63, 3.8) is 0 Å². The molecule has 0 saturated carbocycles. The zero-order valence-electron chi connectivity index (χ0n) is 13.4. The van der Waals surface area contributed by atoms with E-state index in [1.54, 1.807) is 11.3 Å². The van der Waals surface area contributed by atoms with E-state index < -0.39 is 0 Å². The molecule has 0 unspecified atom stereocenters. The van der Waals surface area contributed by atoms with Crippen LogP contribution in [-0.2, 0) is 16.1 Å². The number of hydrogen-bond donors (Lipinski definition) is 0. The van der Waals surface area contributed by atoms with Crippen molar-refractivity contribution < 1.29 is 9.53 Å². The van der Waals surface area contributed by atoms with Gasteiger partial charge in [0.1, 0.15) is 6.07 Å². The molecule has 1 atom stereocenters. The van der Waals surface area contributed by atoms with Crippen molar-refractivity contribution >= 4 is 17.2 Å². The van der Waals surface area contributed by atoms with Gasteiger partial charge in [0.25, 0.3) is 0 Å². The Balaban J connectivity index is 1.62. The van der Waals surface area contributed by atoms with Gasteiger partial charge < -0.3 is 9.64 Å². The molecule has 0 bridgehead atoms. The molecule has 0 N–H and O–H groups in total. The molecule has 2 fully saturated rings. The predicted molar refractivity (Wildman–Crippen MR) is 89.1 cm³/mol. The minimum Gasteiger partial charge on any atom is -0.377 e. The molecule has 2 saturated heterocycles. The van der Waals surface area contributed by atoms with Crippen LogP contribution in [0.1, 0.15) is 36.1 Å². The summed E-state index contributed by atoms with van der Waals surface area (Å²) in [6, 6.07) is 4.10. The van der Waals surface area contributed by atoms with Crippen LogP contribution in [0.25, 0.3) is 0 Å². The summed E-state index contributed by atoms with van der Waals surface area (Å²) in [5.41, 5.74) is 0.702. The smallest absolute Gasteiger partial charge is 0.236 e. The Hall–Kier alpha value is -1.42. The summed E-state index contributed by atoms with van der Waals surface area (Å²) in [6.45, 7) is 4.56. The summed E-state index contributed by atoms with van der Waals surface area (Å²) in [7, 11) is 0. The Labute approximate surface area is 141 Å². The van der Waals surface area contributed by atoms with Crippen molar-refractivity contribution in [1.82, 2.24) is 9.80 Å². The minimum atomic E-state index is 0.220. The van der Waals surface area contributed by atoms with Crippen molar-refractivity contribution in [2.24, 2.45) is 0 Å². The second-order valence-electron chi connectivity index (χ2n) is 6.31. The van der Waals surface area contributed by atoms with Crippen molar-refractivity contribution in [2.75, 3.05) is 32.8 Å². The number of ether oxygens (including phenoxy) is 1. The van der Waals surface area contributed by atoms with Gasteiger partial charge in [0.2, 0.25) is 5.91 Å². The zero-order chi connectivity index (χ0) is 16.1. The van der Waals surface area contributed by atoms with E-state index in [1.165, 1.54) is 0 Å². The maximum Gasteiger partial charge on any atom is 0.236 e. The molecule has 0 aromatic carbocycles. The quantitative estimate of drug-likeness (QED) is 0.801. The third-order valence-corrected chi connectivity index (χ3v) is 5.39. The maximum atomic E-state index is 12.5. The molecule has 5 nitrogen and oxygen atoms in total. The Morgan fingerprint density at radius 2 is 2.26 bits per heavy atom. The normalized spacial score (nSPS) is 21.0. The predicted octanol–water partition coefficient (Wildman–Crippen LogP) is 2.22. The van der Waals surface area contributed by atoms with E-state index in [0.29, 0.717) is 18.7 Å². The van der Waals surface area contributed by atoms with Crippen LogP contribution in [0.5, 0.6) is 0 Å². The highest BCUT2D eigenvalue weighted by Gasteiger charge is 2.24. The lowest BCUT2D eigenvalue weighted by molar-refractivity contribution is -0.131. The lowest BCUT2D eigenvalue weighted by Crippen LogP contribution is -2.41. The molecule has 6 heteroatoms. The molecule has 1 aromatic rings. The number of nitrogens with zero attached hydrogens (tertiary/aromatic N) is 3. The monoisotopic (exact) mass is 333 g/mol. The summed E-state index contributed by atoms with van der Waals surface area (Å²) < 4.78 is 5.74. The Bertz CT molecular complexity index is 569. The zero-order valence-corrected chi connectivity index (χ0v) is 14.2. The van der Waals surface area contributed by atoms with Crippen LogP contribution in [0.4, 0.5) is 0 Å². The Morgan fingerprint density at radius 1 is 1.43 bits per heavy atom. The number of amides is 1. The van der Waals surface area contributed by atoms with E-state index in [1.807, 2.05) is 16.3 Å². The molecular weight excluding hydrogens is 310 g/mol. The van der Waals surface area contributed by atoms with E-state index in [4.69, 9.17) is 10.00 Å². The molecule has 3 rings (SSSR count). The van der Waals surface area contributed by atoms with Crippen molar-refractivity contribution in [2.45, 2.75) is 38.3 Å². The lowest BCUT2D eigenvalue weighted by atomic mass is 10.2. The van der Waals surface area contributed by atoms with E-state index in [9.17, 15) is 4.79 Å². The van der Waals surface area contributed by atoms with Crippen LogP contribution in [0.15, 0.2) is 11.4 Å². The van der Waals surface area contributed by atoms with Gasteiger partial charge in [-0.25, -0.2) is 0 Å². The summed E-state index contributed by atoms with van der Waals surface area (Å²) in [4.78, 5) is 17.8. The van der Waals surface area contributed by atoms with Gasteiger partial charge in [-0.1, -0.05) is 0 Å². The van der Waals surface area contributed by atoms with Crippen LogP contribution in [0.2, 0.25) is 0 Å². The topological polar surface area (TPSA) is 56.6 Å². The second-order valence-corrected chi connectivity index (χ2v) is 7.30. The van der Waals surface area contributed by atoms with Crippen LogP contribution in [0, 0.1) is 11.3 Å². The second kappa shape index (κ2) is 7.91. The van der Waals surface area contributed by atoms with Crippen LogP contribution < -0.4 is 0 Å². The van der Waals surface area contributed by atoms with Crippen molar-refractivity contribution in [3.05, 3.63) is 21.9 Å². The fraction of sp³-hybridized carbons (Fsp3) is 0.647. The fourth-order valence-corrected chi connectivity index (χ4v) is 4.11. The van der Waals surface area contributed by atoms with E-state index >= 15 is 0 Å². The van der Waals surface area contributed by atoms with Gasteiger partial charge in [0, 0.05) is 43.0 Å². The highest BCUT2D eigenvalue weighted by molar-refractivity contribution is 7.10. The summed E-state index contributed by atoms with van der Waals surface area (Å²) in [5.74, 6) is 0.220. The van der Waals surface area contributed by atoms with Crippen molar-refractivity contribution in [3.8, 4) is 6.07 Å². The molecule has 0 aliphatic carbocycles. The van der Waals surface area contributed by atoms with Crippen LogP contribution in [0.3, 0.4) is 0 Å². The minimum absolute atomic E-state index is 0.220. The summed E-state index contributed by atoms with van der Waals surface area (Å²) in [5, 5.41) is 10.8. The van der Waals surface area contributed by atoms with Crippen LogP contribution >= 0.6 is 11.3 Å². The van der Waals surface area contributed by atoms with Gasteiger partial charge in [-0.05, 0) is 31.7 Å². The third kappa shape index (κ3) is 4.54. The van der Waals surface area contributed by atoms with Gasteiger partial charge >= 0.3 is 0 Å². The third-order valence-electron chi connectivity index (χ3n) is 4.47. The first-order chi connectivity index (χ1) is 11.2. The standard InChI is InChI=1S/C17H23N3O2S/c18-9-14-8-16(23-13-14)11-19(10-15-4-3-7-22-15)12-17(21)20-5-1-2-6-20/h8,13,15H,1-7,10-12H2/t15-/m1/s1. The lowest BCUT2D eigenvalue weighted by Gasteiger charge is -2.26. The largest absolute Gasteiger partial charge is 0.377 e. The fourth-order valence-electron chi connectivity index (χ4n) is 3.26. The number of hydrogen-bond acceptors (Lipinski definition) is 5. The van der Waals surface area contributed by atoms with Crippen molar-refractivity contribution in [1.29, 1.82) is 5.26 Å². The number of nitriles is 1. The molecule has 23 heavy (non-hydrogen) atoms. The van der Waals surface area contributed by atoms with Gasteiger partial charge in [-0.15, -0.1) is 11.3 Å². The Kier molecular flexibility index (Phi) is 5.65. The molecule has 2 aliphatic rings. The average Bonchev–Trinajstić information content (AvgIpc) is 3.29. The summed E-state index contributed by atoms with van der Waals surface area (Å²) >= 11 is 1.59. The van der Waals surface area contributed by atoms with Crippen LogP contribution in [-0.4, -0.2) is 54.6 Å². The molecular formula is C17H23N3O2S. The first-order valence-corrected chi connectivity index (χ1v) is 9.22. The number of rotatable bonds is 6. The number of carbonyl (C=O) groups is 1. The molecule has 0 spiro atoms. The number of likely N-dealkylation sites (tertiary alicyclic amines) is 1. The van der Waals surface area contributed by atoms with Gasteiger partial charge in [-0.3, -0.25) is 9.69 Å². The Morgan fingerprint density at radius 3 is 2.91 bits per heavy atom. The average molecular weight is 333 g/mol. The van der Waals surface area contributed by atoms with E-state index in [-0.39, 0.29) is 12.0 Å². The van der Waals surface area contributed by atoms with E-state index in [0.717, 1.165) is 56.8 Å². The SMILES string of the molecule is N#Cc1csc(CN(CC(=O)N2CCCC2)C[C@H]2CCCO2)c1. The van der Waals surface area contributed by atoms with Gasteiger partial charge in [0.05, 0.1) is 18.2 Å². The molecule has 1 amide bonds. The summed E-state index contributed by atoms with van der Waals surface area (Å²) in [6.07, 6.45) is 4.65. The van der Waals surface area contributed by atoms with Gasteiger partial charge in [-0.2, -0.15) is 5.26 Å². The molecule has 1 aromatic heterocycles. The molecule has 124 valence electrons. The highest BCUT2D eigenvalue weighted by atomic mass is 32.1. The number of carbonyl (C=O) groups excluding carboxylic acids is 1. The maximum absolute atomic E-state index is 12.5. The molecule has 2 aliphatic heterocycles. The van der Waals surface area contributed by atoms with Gasteiger partial charge in [0.15, 0.2) is 0 Å². The molecule has 3 heterocycles. The first kappa shape index (κ1) is 16.4. The molecule has 0 radical (unpaired) electrons.